The van der Waals surface area contributed by atoms with Crippen LogP contribution in [0.15, 0.2) is 54.6 Å². The quantitative estimate of drug-likeness (QED) is 0.617. The lowest BCUT2D eigenvalue weighted by molar-refractivity contribution is -0.141. The van der Waals surface area contributed by atoms with E-state index in [2.05, 4.69) is 36.5 Å². The molecule has 2 aromatic carbocycles. The van der Waals surface area contributed by atoms with Crippen molar-refractivity contribution in [2.75, 3.05) is 0 Å². The monoisotopic (exact) mass is 420 g/mol. The summed E-state index contributed by atoms with van der Waals surface area (Å²) in [6.45, 7) is 4.45. The lowest BCUT2D eigenvalue weighted by Crippen LogP contribution is -2.50. The first-order chi connectivity index (χ1) is 15.1. The number of carbonyl (C=O) groups is 2. The topological polar surface area (TPSA) is 49.4 Å². The molecule has 0 bridgehead atoms. The second-order valence-corrected chi connectivity index (χ2v) is 8.70. The third-order valence-electron chi connectivity index (χ3n) is 6.37. The van der Waals surface area contributed by atoms with E-state index in [4.69, 9.17) is 0 Å². The van der Waals surface area contributed by atoms with E-state index in [0.717, 1.165) is 30.4 Å². The first kappa shape index (κ1) is 23.1. The SMILES string of the molecule is CCc1ccc(CCC(=O)N(Cc2ccccc2)[C@@H](C)C(=O)NC2CCCCC2)cc1. The molecule has 0 heterocycles. The lowest BCUT2D eigenvalue weighted by Gasteiger charge is -2.31. The van der Waals surface area contributed by atoms with Crippen LogP contribution in [0.5, 0.6) is 0 Å². The Kier molecular flexibility index (Phi) is 8.69. The van der Waals surface area contributed by atoms with Gasteiger partial charge in [0.25, 0.3) is 0 Å². The maximum Gasteiger partial charge on any atom is 0.242 e. The second-order valence-electron chi connectivity index (χ2n) is 8.70. The fraction of sp³-hybridized carbons (Fsp3) is 0.481. The van der Waals surface area contributed by atoms with Gasteiger partial charge in [0.05, 0.1) is 0 Å². The van der Waals surface area contributed by atoms with Crippen molar-refractivity contribution in [1.82, 2.24) is 10.2 Å². The Morgan fingerprint density at radius 1 is 0.935 bits per heavy atom. The van der Waals surface area contributed by atoms with Crippen LogP contribution in [0.4, 0.5) is 0 Å². The molecule has 1 aliphatic rings. The molecule has 0 spiro atoms. The normalized spacial score (nSPS) is 15.3. The lowest BCUT2D eigenvalue weighted by atomic mass is 9.95. The minimum atomic E-state index is -0.489. The minimum Gasteiger partial charge on any atom is -0.352 e. The molecule has 2 aromatic rings. The summed E-state index contributed by atoms with van der Waals surface area (Å²) in [6, 6.07) is 18.1. The Morgan fingerprint density at radius 3 is 2.23 bits per heavy atom. The molecule has 2 amide bonds. The number of carbonyl (C=O) groups excluding carboxylic acids is 2. The molecule has 1 N–H and O–H groups in total. The van der Waals surface area contributed by atoms with E-state index >= 15 is 0 Å². The average Bonchev–Trinajstić information content (AvgIpc) is 2.82. The molecule has 1 atom stereocenters. The van der Waals surface area contributed by atoms with Crippen molar-refractivity contribution in [3.8, 4) is 0 Å². The van der Waals surface area contributed by atoms with Crippen LogP contribution in [-0.2, 0) is 29.0 Å². The summed E-state index contributed by atoms with van der Waals surface area (Å²) in [5.74, 6) is -0.0156. The van der Waals surface area contributed by atoms with Gasteiger partial charge in [-0.3, -0.25) is 9.59 Å². The first-order valence-corrected chi connectivity index (χ1v) is 11.8. The zero-order valence-corrected chi connectivity index (χ0v) is 19.0. The molecule has 4 heteroatoms. The predicted molar refractivity (Wildman–Crippen MR) is 126 cm³/mol. The van der Waals surface area contributed by atoms with Crippen molar-refractivity contribution in [3.63, 3.8) is 0 Å². The zero-order valence-electron chi connectivity index (χ0n) is 19.0. The van der Waals surface area contributed by atoms with Gasteiger partial charge in [-0.1, -0.05) is 80.8 Å². The van der Waals surface area contributed by atoms with Crippen LogP contribution >= 0.6 is 0 Å². The summed E-state index contributed by atoms with van der Waals surface area (Å²) >= 11 is 0. The van der Waals surface area contributed by atoms with Crippen LogP contribution in [-0.4, -0.2) is 28.8 Å². The average molecular weight is 421 g/mol. The molecule has 3 rings (SSSR count). The largest absolute Gasteiger partial charge is 0.352 e. The summed E-state index contributed by atoms with van der Waals surface area (Å²) in [7, 11) is 0. The fourth-order valence-corrected chi connectivity index (χ4v) is 4.27. The molecular weight excluding hydrogens is 384 g/mol. The Labute approximate surface area is 187 Å². The van der Waals surface area contributed by atoms with Crippen molar-refractivity contribution >= 4 is 11.8 Å². The van der Waals surface area contributed by atoms with Gasteiger partial charge in [0.1, 0.15) is 6.04 Å². The van der Waals surface area contributed by atoms with E-state index in [0.29, 0.717) is 19.4 Å². The summed E-state index contributed by atoms with van der Waals surface area (Å²) in [4.78, 5) is 28.0. The van der Waals surface area contributed by atoms with Gasteiger partial charge in [0.2, 0.25) is 11.8 Å². The number of benzene rings is 2. The highest BCUT2D eigenvalue weighted by Crippen LogP contribution is 2.19. The summed E-state index contributed by atoms with van der Waals surface area (Å²) in [5, 5.41) is 3.19. The number of amides is 2. The maximum absolute atomic E-state index is 13.2. The van der Waals surface area contributed by atoms with E-state index in [1.54, 1.807) is 4.90 Å². The van der Waals surface area contributed by atoms with E-state index in [1.165, 1.54) is 24.8 Å². The number of hydrogen-bond donors (Lipinski definition) is 1. The molecular formula is C27H36N2O2. The van der Waals surface area contributed by atoms with E-state index in [1.807, 2.05) is 37.3 Å². The maximum atomic E-state index is 13.2. The number of rotatable bonds is 9. The van der Waals surface area contributed by atoms with Gasteiger partial charge in [-0.2, -0.15) is 0 Å². The molecule has 1 aliphatic carbocycles. The highest BCUT2D eigenvalue weighted by molar-refractivity contribution is 5.87. The molecule has 166 valence electrons. The molecule has 4 nitrogen and oxygen atoms in total. The van der Waals surface area contributed by atoms with E-state index < -0.39 is 6.04 Å². The Balaban J connectivity index is 1.66. The van der Waals surface area contributed by atoms with Crippen LogP contribution in [0, 0.1) is 0 Å². The molecule has 0 radical (unpaired) electrons. The third-order valence-corrected chi connectivity index (χ3v) is 6.37. The number of aryl methyl sites for hydroxylation is 2. The highest BCUT2D eigenvalue weighted by atomic mass is 16.2. The predicted octanol–water partition coefficient (Wildman–Crippen LogP) is 5.05. The van der Waals surface area contributed by atoms with Gasteiger partial charge >= 0.3 is 0 Å². The highest BCUT2D eigenvalue weighted by Gasteiger charge is 2.27. The van der Waals surface area contributed by atoms with Gasteiger partial charge < -0.3 is 10.2 Å². The van der Waals surface area contributed by atoms with Gasteiger partial charge in [-0.25, -0.2) is 0 Å². The van der Waals surface area contributed by atoms with Crippen LogP contribution in [0.25, 0.3) is 0 Å². The second kappa shape index (κ2) is 11.7. The van der Waals surface area contributed by atoms with Crippen LogP contribution in [0.2, 0.25) is 0 Å². The molecule has 0 saturated heterocycles. The Bertz CT molecular complexity index is 826. The van der Waals surface area contributed by atoms with Crippen molar-refractivity contribution in [2.24, 2.45) is 0 Å². The smallest absolute Gasteiger partial charge is 0.242 e. The number of nitrogens with one attached hydrogen (secondary N) is 1. The van der Waals surface area contributed by atoms with Gasteiger partial charge in [-0.05, 0) is 49.3 Å². The van der Waals surface area contributed by atoms with Crippen molar-refractivity contribution < 1.29 is 9.59 Å². The molecule has 31 heavy (non-hydrogen) atoms. The van der Waals surface area contributed by atoms with Crippen molar-refractivity contribution in [1.29, 1.82) is 0 Å². The molecule has 1 saturated carbocycles. The molecule has 0 aliphatic heterocycles. The van der Waals surface area contributed by atoms with Crippen molar-refractivity contribution in [3.05, 3.63) is 71.3 Å². The molecule has 0 aromatic heterocycles. The minimum absolute atomic E-state index is 0.0229. The fourth-order valence-electron chi connectivity index (χ4n) is 4.27. The van der Waals surface area contributed by atoms with Gasteiger partial charge in [0.15, 0.2) is 0 Å². The summed E-state index contributed by atoms with van der Waals surface area (Å²) in [5.41, 5.74) is 3.50. The number of hydrogen-bond acceptors (Lipinski definition) is 2. The van der Waals surface area contributed by atoms with E-state index in [9.17, 15) is 9.59 Å². The van der Waals surface area contributed by atoms with Gasteiger partial charge in [-0.15, -0.1) is 0 Å². The molecule has 0 unspecified atom stereocenters. The summed E-state index contributed by atoms with van der Waals surface area (Å²) in [6.07, 6.45) is 7.77. The van der Waals surface area contributed by atoms with Crippen LogP contribution < -0.4 is 5.32 Å². The van der Waals surface area contributed by atoms with Crippen LogP contribution in [0.3, 0.4) is 0 Å². The third kappa shape index (κ3) is 6.95. The Morgan fingerprint density at radius 2 is 1.58 bits per heavy atom. The summed E-state index contributed by atoms with van der Waals surface area (Å²) < 4.78 is 0. The van der Waals surface area contributed by atoms with Gasteiger partial charge in [0, 0.05) is 19.0 Å². The van der Waals surface area contributed by atoms with E-state index in [-0.39, 0.29) is 17.9 Å². The van der Waals surface area contributed by atoms with Crippen LogP contribution in [0.1, 0.15) is 69.1 Å². The zero-order chi connectivity index (χ0) is 22.1. The molecule has 1 fully saturated rings. The number of nitrogens with zero attached hydrogens (tertiary/aromatic N) is 1. The first-order valence-electron chi connectivity index (χ1n) is 11.8. The van der Waals surface area contributed by atoms with Crippen molar-refractivity contribution in [2.45, 2.75) is 83.8 Å². The standard InChI is InChI=1S/C27H36N2O2/c1-3-22-14-16-23(17-15-22)18-19-26(30)29(20-24-10-6-4-7-11-24)21(2)27(31)28-25-12-8-5-9-13-25/h4,6-7,10-11,14-17,21,25H,3,5,8-9,12-13,18-20H2,1-2H3,(H,28,31)/t21-/m0/s1. The Hall–Kier alpha value is -2.62.